The summed E-state index contributed by atoms with van der Waals surface area (Å²) in [7, 11) is 0. The molecule has 1 unspecified atom stereocenters. The Morgan fingerprint density at radius 3 is 2.93 bits per heavy atom. The van der Waals surface area contributed by atoms with E-state index in [4.69, 9.17) is 20.8 Å². The molecule has 1 fully saturated rings. The van der Waals surface area contributed by atoms with Crippen molar-refractivity contribution < 1.29 is 9.15 Å². The number of halogens is 1. The van der Waals surface area contributed by atoms with Gasteiger partial charge in [0.2, 0.25) is 11.8 Å². The molecular weight excluding hydrogens is 402 g/mol. The zero-order valence-electron chi connectivity index (χ0n) is 15.4. The molecule has 1 atom stereocenters. The van der Waals surface area contributed by atoms with Crippen LogP contribution in [0.1, 0.15) is 49.7 Å². The quantitative estimate of drug-likeness (QED) is 0.503. The molecule has 8 nitrogen and oxygen atoms in total. The molecule has 0 aliphatic carbocycles. The maximum Gasteiger partial charge on any atom is 0.291 e. The van der Waals surface area contributed by atoms with E-state index in [-0.39, 0.29) is 23.9 Å². The van der Waals surface area contributed by atoms with Gasteiger partial charge in [0.15, 0.2) is 0 Å². The van der Waals surface area contributed by atoms with E-state index in [0.29, 0.717) is 34.8 Å². The summed E-state index contributed by atoms with van der Waals surface area (Å²) in [5, 5.41) is 12.8. The molecule has 4 aromatic rings. The van der Waals surface area contributed by atoms with Gasteiger partial charge in [-0.2, -0.15) is 5.10 Å². The maximum atomic E-state index is 13.1. The Kier molecular flexibility index (Phi) is 4.26. The average molecular weight is 420 g/mol. The summed E-state index contributed by atoms with van der Waals surface area (Å²) < 4.78 is 16.1. The van der Waals surface area contributed by atoms with Gasteiger partial charge in [0, 0.05) is 12.5 Å². The third-order valence-electron chi connectivity index (χ3n) is 4.93. The Labute approximate surface area is 168 Å². The van der Waals surface area contributed by atoms with E-state index in [0.717, 1.165) is 22.5 Å². The molecule has 0 N–H and O–H groups in total. The van der Waals surface area contributed by atoms with Gasteiger partial charge >= 0.3 is 0 Å². The Morgan fingerprint density at radius 2 is 2.18 bits per heavy atom. The van der Waals surface area contributed by atoms with Crippen LogP contribution >= 0.6 is 22.9 Å². The predicted octanol–water partition coefficient (Wildman–Crippen LogP) is 3.42. The molecule has 5 heterocycles. The third-order valence-corrected chi connectivity index (χ3v) is 6.13. The Hall–Kier alpha value is -2.23. The molecule has 0 saturated carbocycles. The number of fused-ring (bicyclic) bond motifs is 3. The van der Waals surface area contributed by atoms with Crippen molar-refractivity contribution in [2.45, 2.75) is 38.6 Å². The highest BCUT2D eigenvalue weighted by molar-refractivity contribution is 7.22. The van der Waals surface area contributed by atoms with Gasteiger partial charge in [0.05, 0.1) is 27.1 Å². The number of rotatable bonds is 4. The molecule has 0 amide bonds. The Morgan fingerprint density at radius 1 is 1.32 bits per heavy atom. The fourth-order valence-electron chi connectivity index (χ4n) is 3.55. The first-order chi connectivity index (χ1) is 13.5. The largest absolute Gasteiger partial charge is 0.423 e. The molecule has 28 heavy (non-hydrogen) atoms. The van der Waals surface area contributed by atoms with Crippen LogP contribution in [0.3, 0.4) is 0 Å². The van der Waals surface area contributed by atoms with Crippen LogP contribution in [0.5, 0.6) is 0 Å². The first-order valence-corrected chi connectivity index (χ1v) is 10.3. The average Bonchev–Trinajstić information content (AvgIpc) is 3.40. The highest BCUT2D eigenvalue weighted by Gasteiger charge is 2.24. The standard InChI is InChI=1S/C18H18ClN5O3S/c1-9(2)16-22-23(7-15-20-21-17(27-15)10-3-4-26-8-10)18(25)12-5-13-11(24(12)16)6-14(19)28-13/h5-6,9-10H,3-4,7-8H2,1-2H3. The van der Waals surface area contributed by atoms with Crippen LogP contribution in [0, 0.1) is 0 Å². The molecule has 1 aliphatic heterocycles. The highest BCUT2D eigenvalue weighted by Crippen LogP contribution is 2.32. The number of thiophene rings is 1. The Balaban J connectivity index is 1.59. The number of nitrogens with zero attached hydrogens (tertiary/aromatic N) is 5. The van der Waals surface area contributed by atoms with Crippen molar-refractivity contribution in [1.29, 1.82) is 0 Å². The van der Waals surface area contributed by atoms with Crippen LogP contribution in [0.15, 0.2) is 21.3 Å². The van der Waals surface area contributed by atoms with Crippen molar-refractivity contribution in [3.05, 3.63) is 44.4 Å². The van der Waals surface area contributed by atoms with Crippen molar-refractivity contribution in [2.75, 3.05) is 13.2 Å². The Bertz CT molecular complexity index is 1230. The van der Waals surface area contributed by atoms with Gasteiger partial charge in [-0.1, -0.05) is 25.4 Å². The monoisotopic (exact) mass is 419 g/mol. The molecule has 0 aromatic carbocycles. The minimum absolute atomic E-state index is 0.109. The molecule has 146 valence electrons. The van der Waals surface area contributed by atoms with E-state index in [2.05, 4.69) is 15.3 Å². The smallest absolute Gasteiger partial charge is 0.291 e. The van der Waals surface area contributed by atoms with Gasteiger partial charge < -0.3 is 9.15 Å². The third kappa shape index (κ3) is 2.85. The van der Waals surface area contributed by atoms with Crippen LogP contribution in [-0.4, -0.2) is 37.6 Å². The lowest BCUT2D eigenvalue weighted by Crippen LogP contribution is -2.28. The van der Waals surface area contributed by atoms with Gasteiger partial charge in [0.25, 0.3) is 5.56 Å². The van der Waals surface area contributed by atoms with Crippen molar-refractivity contribution in [3.8, 4) is 0 Å². The van der Waals surface area contributed by atoms with Crippen LogP contribution in [0.2, 0.25) is 4.34 Å². The first-order valence-electron chi connectivity index (χ1n) is 9.13. The number of aromatic nitrogens is 5. The van der Waals surface area contributed by atoms with Gasteiger partial charge in [0.1, 0.15) is 17.9 Å². The zero-order valence-corrected chi connectivity index (χ0v) is 17.0. The minimum atomic E-state index is -0.201. The van der Waals surface area contributed by atoms with Crippen molar-refractivity contribution in [2.24, 2.45) is 0 Å². The zero-order chi connectivity index (χ0) is 19.4. The van der Waals surface area contributed by atoms with E-state index in [9.17, 15) is 4.79 Å². The highest BCUT2D eigenvalue weighted by atomic mass is 35.5. The summed E-state index contributed by atoms with van der Waals surface area (Å²) in [6.07, 6.45) is 0.868. The number of ether oxygens (including phenoxy) is 1. The lowest BCUT2D eigenvalue weighted by molar-refractivity contribution is 0.190. The normalized spacial score (nSPS) is 17.5. The van der Waals surface area contributed by atoms with Gasteiger partial charge in [-0.05, 0) is 18.6 Å². The molecule has 1 aliphatic rings. The second-order valence-electron chi connectivity index (χ2n) is 7.24. The SMILES string of the molecule is CC(C)c1nn(Cc2nnc(C3CCOC3)o2)c(=O)c2cc3sc(Cl)cc3n12. The van der Waals surface area contributed by atoms with Gasteiger partial charge in [-0.25, -0.2) is 4.68 Å². The number of hydrogen-bond acceptors (Lipinski definition) is 7. The summed E-state index contributed by atoms with van der Waals surface area (Å²) in [5.41, 5.74) is 1.28. The fraction of sp³-hybridized carbons (Fsp3) is 0.444. The first kappa shape index (κ1) is 17.8. The number of hydrogen-bond donors (Lipinski definition) is 0. The van der Waals surface area contributed by atoms with Crippen molar-refractivity contribution in [3.63, 3.8) is 0 Å². The predicted molar refractivity (Wildman–Crippen MR) is 106 cm³/mol. The lowest BCUT2D eigenvalue weighted by Gasteiger charge is -2.12. The lowest BCUT2D eigenvalue weighted by atomic mass is 10.1. The molecule has 10 heteroatoms. The summed E-state index contributed by atoms with van der Waals surface area (Å²) in [6, 6.07) is 3.74. The molecule has 0 bridgehead atoms. The van der Waals surface area contributed by atoms with E-state index in [1.807, 2.05) is 30.4 Å². The second-order valence-corrected chi connectivity index (χ2v) is 8.95. The molecule has 5 rings (SSSR count). The second kappa shape index (κ2) is 6.68. The summed E-state index contributed by atoms with van der Waals surface area (Å²) in [5.74, 6) is 1.94. The maximum absolute atomic E-state index is 13.1. The fourth-order valence-corrected chi connectivity index (χ4v) is 4.70. The molecule has 0 spiro atoms. The molecule has 4 aromatic heterocycles. The van der Waals surface area contributed by atoms with E-state index >= 15 is 0 Å². The van der Waals surface area contributed by atoms with Gasteiger partial charge in [-0.15, -0.1) is 21.5 Å². The van der Waals surface area contributed by atoms with Crippen molar-refractivity contribution >= 4 is 38.7 Å². The van der Waals surface area contributed by atoms with E-state index in [1.165, 1.54) is 16.0 Å². The summed E-state index contributed by atoms with van der Waals surface area (Å²) in [4.78, 5) is 13.1. The summed E-state index contributed by atoms with van der Waals surface area (Å²) in [6.45, 7) is 5.51. The van der Waals surface area contributed by atoms with Crippen LogP contribution in [-0.2, 0) is 11.3 Å². The van der Waals surface area contributed by atoms with Crippen LogP contribution < -0.4 is 5.56 Å². The topological polar surface area (TPSA) is 87.4 Å². The molecule has 0 radical (unpaired) electrons. The minimum Gasteiger partial charge on any atom is -0.423 e. The van der Waals surface area contributed by atoms with Gasteiger partial charge in [-0.3, -0.25) is 9.20 Å². The molecular formula is C18H18ClN5O3S. The van der Waals surface area contributed by atoms with Crippen LogP contribution in [0.25, 0.3) is 15.7 Å². The summed E-state index contributed by atoms with van der Waals surface area (Å²) >= 11 is 7.61. The van der Waals surface area contributed by atoms with Crippen LogP contribution in [0.4, 0.5) is 0 Å². The van der Waals surface area contributed by atoms with Crippen molar-refractivity contribution in [1.82, 2.24) is 24.4 Å². The van der Waals surface area contributed by atoms with E-state index < -0.39 is 0 Å². The van der Waals surface area contributed by atoms with E-state index in [1.54, 1.807) is 0 Å². The molecule has 1 saturated heterocycles.